The van der Waals surface area contributed by atoms with E-state index in [9.17, 15) is 0 Å². The van der Waals surface area contributed by atoms with Crippen molar-refractivity contribution in [2.24, 2.45) is 0 Å². The summed E-state index contributed by atoms with van der Waals surface area (Å²) in [5.41, 5.74) is 19.8. The molecular formula is C58H36N2. The Kier molecular flexibility index (Phi) is 7.05. The zero-order valence-electron chi connectivity index (χ0n) is 32.7. The van der Waals surface area contributed by atoms with Gasteiger partial charge in [0.25, 0.3) is 0 Å². The summed E-state index contributed by atoms with van der Waals surface area (Å²) in [5.74, 6) is 0. The number of rotatable bonds is 4. The number of hydrogen-bond acceptors (Lipinski definition) is 1. The first kappa shape index (κ1) is 33.1. The SMILES string of the molecule is c1ccc(-n2c3ccccc3c3cc(N(c4ccc5c(c4)C(=C4c6ccccc6-c6ccccc64)c4ccccc4-5)c4cc5ccccc5c5ccccc45)ccc32)cc1. The van der Waals surface area contributed by atoms with Crippen LogP contribution in [-0.2, 0) is 0 Å². The van der Waals surface area contributed by atoms with Crippen molar-refractivity contribution in [3.8, 4) is 27.9 Å². The van der Waals surface area contributed by atoms with Crippen molar-refractivity contribution in [1.82, 2.24) is 4.57 Å². The van der Waals surface area contributed by atoms with Crippen molar-refractivity contribution < 1.29 is 0 Å². The molecule has 0 aliphatic heterocycles. The van der Waals surface area contributed by atoms with Crippen molar-refractivity contribution in [3.63, 3.8) is 0 Å². The van der Waals surface area contributed by atoms with Gasteiger partial charge in [0, 0.05) is 33.2 Å². The highest BCUT2D eigenvalue weighted by Gasteiger charge is 2.33. The van der Waals surface area contributed by atoms with Crippen LogP contribution in [0, 0.1) is 0 Å². The van der Waals surface area contributed by atoms with E-state index in [4.69, 9.17) is 0 Å². The van der Waals surface area contributed by atoms with Gasteiger partial charge in [-0.15, -0.1) is 0 Å². The molecule has 60 heavy (non-hydrogen) atoms. The maximum atomic E-state index is 2.50. The summed E-state index contributed by atoms with van der Waals surface area (Å²) in [6.45, 7) is 0. The van der Waals surface area contributed by atoms with Gasteiger partial charge in [0.1, 0.15) is 0 Å². The maximum Gasteiger partial charge on any atom is 0.0546 e. The molecule has 0 amide bonds. The quantitative estimate of drug-likeness (QED) is 0.162. The normalized spacial score (nSPS) is 12.6. The molecule has 0 bridgehead atoms. The van der Waals surface area contributed by atoms with Crippen LogP contribution in [0.1, 0.15) is 22.3 Å². The Morgan fingerprint density at radius 2 is 0.767 bits per heavy atom. The Labute approximate surface area is 348 Å². The van der Waals surface area contributed by atoms with Crippen LogP contribution in [0.2, 0.25) is 0 Å². The fourth-order valence-corrected chi connectivity index (χ4v) is 10.4. The molecule has 11 aromatic rings. The molecule has 0 N–H and O–H groups in total. The molecule has 0 saturated heterocycles. The van der Waals surface area contributed by atoms with Crippen molar-refractivity contribution in [3.05, 3.63) is 241 Å². The van der Waals surface area contributed by atoms with Crippen LogP contribution in [0.5, 0.6) is 0 Å². The fraction of sp³-hybridized carbons (Fsp3) is 0. The number of hydrogen-bond donors (Lipinski definition) is 0. The van der Waals surface area contributed by atoms with Gasteiger partial charge in [-0.2, -0.15) is 0 Å². The first-order valence-corrected chi connectivity index (χ1v) is 20.8. The third kappa shape index (κ3) is 4.70. The number of fused-ring (bicyclic) bond motifs is 12. The van der Waals surface area contributed by atoms with Gasteiger partial charge in [-0.1, -0.05) is 164 Å². The molecule has 2 aliphatic rings. The Morgan fingerprint density at radius 1 is 0.283 bits per heavy atom. The molecule has 2 heteroatoms. The molecule has 2 nitrogen and oxygen atoms in total. The number of nitrogens with zero attached hydrogens (tertiary/aromatic N) is 2. The molecule has 10 aromatic carbocycles. The lowest BCUT2D eigenvalue weighted by Crippen LogP contribution is -2.11. The van der Waals surface area contributed by atoms with Gasteiger partial charge in [-0.3, -0.25) is 0 Å². The van der Waals surface area contributed by atoms with E-state index in [1.165, 1.54) is 99.0 Å². The van der Waals surface area contributed by atoms with Gasteiger partial charge >= 0.3 is 0 Å². The minimum atomic E-state index is 1.11. The molecule has 0 fully saturated rings. The summed E-state index contributed by atoms with van der Waals surface area (Å²) in [6, 6.07) is 80.6. The first-order valence-electron chi connectivity index (χ1n) is 20.8. The van der Waals surface area contributed by atoms with Crippen molar-refractivity contribution in [2.75, 3.05) is 4.90 Å². The van der Waals surface area contributed by atoms with Crippen LogP contribution in [0.25, 0.3) is 82.4 Å². The Bertz CT molecular complexity index is 3560. The highest BCUT2D eigenvalue weighted by molar-refractivity contribution is 6.20. The number of para-hydroxylation sites is 2. The van der Waals surface area contributed by atoms with Crippen LogP contribution in [0.15, 0.2) is 218 Å². The second kappa shape index (κ2) is 12.8. The van der Waals surface area contributed by atoms with Crippen molar-refractivity contribution in [1.29, 1.82) is 0 Å². The van der Waals surface area contributed by atoms with E-state index in [0.717, 1.165) is 22.7 Å². The number of benzene rings is 10. The minimum absolute atomic E-state index is 1.11. The van der Waals surface area contributed by atoms with Gasteiger partial charge in [0.05, 0.1) is 16.7 Å². The van der Waals surface area contributed by atoms with Crippen molar-refractivity contribution in [2.45, 2.75) is 0 Å². The lowest BCUT2D eigenvalue weighted by molar-refractivity contribution is 1.18. The average molecular weight is 761 g/mol. The Balaban J connectivity index is 1.11. The van der Waals surface area contributed by atoms with Gasteiger partial charge in [-0.05, 0) is 126 Å². The van der Waals surface area contributed by atoms with E-state index in [0.29, 0.717) is 0 Å². The third-order valence-corrected chi connectivity index (χ3v) is 12.9. The minimum Gasteiger partial charge on any atom is -0.310 e. The summed E-state index contributed by atoms with van der Waals surface area (Å²) < 4.78 is 2.40. The second-order valence-corrected chi connectivity index (χ2v) is 16.0. The molecule has 1 heterocycles. The summed E-state index contributed by atoms with van der Waals surface area (Å²) in [5, 5.41) is 7.38. The summed E-state index contributed by atoms with van der Waals surface area (Å²) >= 11 is 0. The lowest BCUT2D eigenvalue weighted by Gasteiger charge is -2.28. The van der Waals surface area contributed by atoms with Gasteiger partial charge in [0.15, 0.2) is 0 Å². The van der Waals surface area contributed by atoms with Crippen molar-refractivity contribution >= 4 is 71.6 Å². The Hall–Kier alpha value is -7.94. The van der Waals surface area contributed by atoms with E-state index in [1.807, 2.05) is 0 Å². The molecule has 2 aliphatic carbocycles. The van der Waals surface area contributed by atoms with E-state index < -0.39 is 0 Å². The average Bonchev–Trinajstić information content (AvgIpc) is 3.94. The predicted molar refractivity (Wildman–Crippen MR) is 253 cm³/mol. The van der Waals surface area contributed by atoms with E-state index in [-0.39, 0.29) is 0 Å². The molecule has 1 aromatic heterocycles. The van der Waals surface area contributed by atoms with Gasteiger partial charge in [-0.25, -0.2) is 0 Å². The topological polar surface area (TPSA) is 8.17 Å². The maximum absolute atomic E-state index is 2.50. The largest absolute Gasteiger partial charge is 0.310 e. The second-order valence-electron chi connectivity index (χ2n) is 16.0. The fourth-order valence-electron chi connectivity index (χ4n) is 10.4. The van der Waals surface area contributed by atoms with Crippen LogP contribution in [0.3, 0.4) is 0 Å². The Morgan fingerprint density at radius 3 is 1.47 bits per heavy atom. The third-order valence-electron chi connectivity index (χ3n) is 12.9. The molecule has 0 radical (unpaired) electrons. The predicted octanol–water partition coefficient (Wildman–Crippen LogP) is 15.5. The molecule has 13 rings (SSSR count). The van der Waals surface area contributed by atoms with Crippen LogP contribution < -0.4 is 4.90 Å². The summed E-state index contributed by atoms with van der Waals surface area (Å²) in [6.07, 6.45) is 0. The highest BCUT2D eigenvalue weighted by atomic mass is 15.1. The van der Waals surface area contributed by atoms with Gasteiger partial charge < -0.3 is 9.47 Å². The van der Waals surface area contributed by atoms with Crippen LogP contribution >= 0.6 is 0 Å². The zero-order valence-corrected chi connectivity index (χ0v) is 32.7. The molecule has 0 saturated carbocycles. The number of anilines is 3. The molecule has 278 valence electrons. The first-order chi connectivity index (χ1) is 29.8. The molecule has 0 unspecified atom stereocenters. The smallest absolute Gasteiger partial charge is 0.0546 e. The van der Waals surface area contributed by atoms with Gasteiger partial charge in [0.2, 0.25) is 0 Å². The summed E-state index contributed by atoms with van der Waals surface area (Å²) in [4.78, 5) is 2.50. The van der Waals surface area contributed by atoms with E-state index in [2.05, 4.69) is 228 Å². The van der Waals surface area contributed by atoms with Crippen LogP contribution in [-0.4, -0.2) is 4.57 Å². The number of aromatic nitrogens is 1. The zero-order chi connectivity index (χ0) is 39.3. The van der Waals surface area contributed by atoms with E-state index in [1.54, 1.807) is 0 Å². The molecule has 0 spiro atoms. The van der Waals surface area contributed by atoms with Crippen LogP contribution in [0.4, 0.5) is 17.1 Å². The lowest BCUT2D eigenvalue weighted by atomic mass is 9.91. The molecule has 0 atom stereocenters. The van der Waals surface area contributed by atoms with E-state index >= 15 is 0 Å². The molecular weight excluding hydrogens is 725 g/mol. The standard InChI is InChI=1S/C58H36N2/c1-2-17-38(18-3-1)60-54-29-15-14-25-48(54)52-35-40(31-33-55(52)60)59(56-34-37-16-4-5-19-41(37)42-20-6-10-24-47(42)56)39-30-32-46-45-23-9-13-28-51(45)58(53(46)36-39)57-49-26-11-7-21-43(49)44-22-8-12-27-50(44)57/h1-36H. The summed E-state index contributed by atoms with van der Waals surface area (Å²) in [7, 11) is 0. The highest BCUT2D eigenvalue weighted by Crippen LogP contribution is 2.55. The monoisotopic (exact) mass is 760 g/mol.